The molecule has 4 heteroatoms. The van der Waals surface area contributed by atoms with Crippen LogP contribution >= 0.6 is 0 Å². The first-order valence-corrected chi connectivity index (χ1v) is 6.63. The fraction of sp³-hybridized carbons (Fsp3) is 0.533. The van der Waals surface area contributed by atoms with E-state index >= 15 is 0 Å². The molecule has 1 N–H and O–H groups in total. The smallest absolute Gasteiger partial charge is 0.251 e. The fourth-order valence-corrected chi connectivity index (χ4v) is 1.84. The van der Waals surface area contributed by atoms with E-state index < -0.39 is 0 Å². The Morgan fingerprint density at radius 3 is 2.58 bits per heavy atom. The van der Waals surface area contributed by atoms with Gasteiger partial charge in [0.15, 0.2) is 11.5 Å². The summed E-state index contributed by atoms with van der Waals surface area (Å²) in [7, 11) is 0. The number of rotatable bonds is 3. The van der Waals surface area contributed by atoms with Crippen molar-refractivity contribution in [3.8, 4) is 11.5 Å². The van der Waals surface area contributed by atoms with Gasteiger partial charge in [-0.2, -0.15) is 0 Å². The second-order valence-corrected chi connectivity index (χ2v) is 5.92. The van der Waals surface area contributed by atoms with Crippen LogP contribution < -0.4 is 14.8 Å². The summed E-state index contributed by atoms with van der Waals surface area (Å²) >= 11 is 0. The van der Waals surface area contributed by atoms with Crippen molar-refractivity contribution >= 4 is 5.91 Å². The average molecular weight is 263 g/mol. The SMILES string of the molecule is CC(C)(C)CCNC(=O)c1ccc2c(c1)OCCO2. The van der Waals surface area contributed by atoms with Crippen molar-refractivity contribution in [1.82, 2.24) is 5.32 Å². The Morgan fingerprint density at radius 2 is 1.89 bits per heavy atom. The molecule has 2 rings (SSSR count). The minimum Gasteiger partial charge on any atom is -0.486 e. The van der Waals surface area contributed by atoms with E-state index in [9.17, 15) is 4.79 Å². The maximum absolute atomic E-state index is 12.0. The molecule has 1 aliphatic rings. The van der Waals surface area contributed by atoms with Crippen LogP contribution in [-0.4, -0.2) is 25.7 Å². The van der Waals surface area contributed by atoms with Crippen molar-refractivity contribution in [3.05, 3.63) is 23.8 Å². The Hall–Kier alpha value is -1.71. The summed E-state index contributed by atoms with van der Waals surface area (Å²) in [5.41, 5.74) is 0.832. The predicted octanol–water partition coefficient (Wildman–Crippen LogP) is 2.62. The zero-order valence-corrected chi connectivity index (χ0v) is 11.8. The third kappa shape index (κ3) is 3.88. The molecule has 0 atom stereocenters. The number of carbonyl (C=O) groups excluding carboxylic acids is 1. The second kappa shape index (κ2) is 5.51. The van der Waals surface area contributed by atoms with E-state index in [0.717, 1.165) is 6.42 Å². The summed E-state index contributed by atoms with van der Waals surface area (Å²) in [4.78, 5) is 12.0. The van der Waals surface area contributed by atoms with Crippen molar-refractivity contribution in [1.29, 1.82) is 0 Å². The van der Waals surface area contributed by atoms with Gasteiger partial charge in [-0.3, -0.25) is 4.79 Å². The summed E-state index contributed by atoms with van der Waals surface area (Å²) in [6, 6.07) is 5.29. The summed E-state index contributed by atoms with van der Waals surface area (Å²) in [5, 5.41) is 2.93. The number of fused-ring (bicyclic) bond motifs is 1. The summed E-state index contributed by atoms with van der Waals surface area (Å²) in [6.45, 7) is 8.23. The topological polar surface area (TPSA) is 47.6 Å². The van der Waals surface area contributed by atoms with Gasteiger partial charge >= 0.3 is 0 Å². The molecule has 1 aromatic rings. The molecular formula is C15H21NO3. The minimum atomic E-state index is -0.0683. The lowest BCUT2D eigenvalue weighted by atomic mass is 9.92. The highest BCUT2D eigenvalue weighted by Gasteiger charge is 2.15. The Kier molecular flexibility index (Phi) is 3.98. The molecule has 1 aromatic carbocycles. The molecule has 0 aromatic heterocycles. The van der Waals surface area contributed by atoms with Gasteiger partial charge in [0.25, 0.3) is 5.91 Å². The molecule has 0 aliphatic carbocycles. The lowest BCUT2D eigenvalue weighted by Crippen LogP contribution is -2.27. The molecule has 0 bridgehead atoms. The summed E-state index contributed by atoms with van der Waals surface area (Å²) in [6.07, 6.45) is 0.948. The van der Waals surface area contributed by atoms with Gasteiger partial charge in [-0.05, 0) is 30.0 Å². The zero-order valence-electron chi connectivity index (χ0n) is 11.8. The first kappa shape index (κ1) is 13.7. The van der Waals surface area contributed by atoms with Gasteiger partial charge in [0, 0.05) is 12.1 Å². The monoisotopic (exact) mass is 263 g/mol. The highest BCUT2D eigenvalue weighted by atomic mass is 16.6. The molecule has 0 fully saturated rings. The van der Waals surface area contributed by atoms with Gasteiger partial charge in [-0.25, -0.2) is 0 Å². The Labute approximate surface area is 114 Å². The van der Waals surface area contributed by atoms with Gasteiger partial charge in [0.05, 0.1) is 0 Å². The minimum absolute atomic E-state index is 0.0683. The van der Waals surface area contributed by atoms with Gasteiger partial charge < -0.3 is 14.8 Å². The van der Waals surface area contributed by atoms with Crippen molar-refractivity contribution in [2.75, 3.05) is 19.8 Å². The fourth-order valence-electron chi connectivity index (χ4n) is 1.84. The van der Waals surface area contributed by atoms with Crippen LogP contribution in [0.5, 0.6) is 11.5 Å². The normalized spacial score (nSPS) is 14.1. The van der Waals surface area contributed by atoms with E-state index in [-0.39, 0.29) is 11.3 Å². The number of ether oxygens (including phenoxy) is 2. The molecule has 1 aliphatic heterocycles. The van der Waals surface area contributed by atoms with E-state index in [4.69, 9.17) is 9.47 Å². The highest BCUT2D eigenvalue weighted by Crippen LogP contribution is 2.30. The number of amides is 1. The van der Waals surface area contributed by atoms with Crippen LogP contribution in [0.4, 0.5) is 0 Å². The largest absolute Gasteiger partial charge is 0.486 e. The van der Waals surface area contributed by atoms with Crippen molar-refractivity contribution < 1.29 is 14.3 Å². The van der Waals surface area contributed by atoms with Crippen LogP contribution in [0.1, 0.15) is 37.6 Å². The number of benzene rings is 1. The molecule has 0 unspecified atom stereocenters. The molecule has 19 heavy (non-hydrogen) atoms. The lowest BCUT2D eigenvalue weighted by Gasteiger charge is -2.19. The molecule has 1 amide bonds. The number of hydrogen-bond acceptors (Lipinski definition) is 3. The van der Waals surface area contributed by atoms with E-state index in [0.29, 0.717) is 36.8 Å². The highest BCUT2D eigenvalue weighted by molar-refractivity contribution is 5.94. The lowest BCUT2D eigenvalue weighted by molar-refractivity contribution is 0.0948. The third-order valence-electron chi connectivity index (χ3n) is 2.96. The van der Waals surface area contributed by atoms with Crippen LogP contribution in [0.25, 0.3) is 0 Å². The Balaban J connectivity index is 1.96. The van der Waals surface area contributed by atoms with Gasteiger partial charge in [0.1, 0.15) is 13.2 Å². The molecule has 1 heterocycles. The molecule has 0 spiro atoms. The van der Waals surface area contributed by atoms with E-state index in [1.54, 1.807) is 18.2 Å². The van der Waals surface area contributed by atoms with Crippen LogP contribution in [0.2, 0.25) is 0 Å². The Morgan fingerprint density at radius 1 is 1.21 bits per heavy atom. The first-order valence-electron chi connectivity index (χ1n) is 6.63. The van der Waals surface area contributed by atoms with Crippen molar-refractivity contribution in [2.24, 2.45) is 5.41 Å². The molecule has 4 nitrogen and oxygen atoms in total. The summed E-state index contributed by atoms with van der Waals surface area (Å²) in [5.74, 6) is 1.29. The van der Waals surface area contributed by atoms with E-state index in [1.165, 1.54) is 0 Å². The van der Waals surface area contributed by atoms with E-state index in [2.05, 4.69) is 26.1 Å². The van der Waals surface area contributed by atoms with Crippen LogP contribution in [0, 0.1) is 5.41 Å². The molecule has 0 radical (unpaired) electrons. The van der Waals surface area contributed by atoms with Crippen LogP contribution in [0.15, 0.2) is 18.2 Å². The predicted molar refractivity (Wildman–Crippen MR) is 73.8 cm³/mol. The molecule has 0 saturated carbocycles. The average Bonchev–Trinajstić information content (AvgIpc) is 2.36. The van der Waals surface area contributed by atoms with Crippen molar-refractivity contribution in [2.45, 2.75) is 27.2 Å². The van der Waals surface area contributed by atoms with Crippen LogP contribution in [0.3, 0.4) is 0 Å². The second-order valence-electron chi connectivity index (χ2n) is 5.92. The maximum atomic E-state index is 12.0. The molecular weight excluding hydrogens is 242 g/mol. The summed E-state index contributed by atoms with van der Waals surface area (Å²) < 4.78 is 10.9. The van der Waals surface area contributed by atoms with Crippen LogP contribution in [-0.2, 0) is 0 Å². The maximum Gasteiger partial charge on any atom is 0.251 e. The molecule has 0 saturated heterocycles. The van der Waals surface area contributed by atoms with Gasteiger partial charge in [0.2, 0.25) is 0 Å². The standard InChI is InChI=1S/C15H21NO3/c1-15(2,3)6-7-16-14(17)11-4-5-12-13(10-11)19-9-8-18-12/h4-5,10H,6-9H2,1-3H3,(H,16,17). The number of nitrogens with one attached hydrogen (secondary N) is 1. The Bertz CT molecular complexity index is 463. The quantitative estimate of drug-likeness (QED) is 0.912. The number of carbonyl (C=O) groups is 1. The third-order valence-corrected chi connectivity index (χ3v) is 2.96. The first-order chi connectivity index (χ1) is 8.96. The van der Waals surface area contributed by atoms with E-state index in [1.807, 2.05) is 0 Å². The van der Waals surface area contributed by atoms with Crippen molar-refractivity contribution in [3.63, 3.8) is 0 Å². The molecule has 104 valence electrons. The van der Waals surface area contributed by atoms with Gasteiger partial charge in [-0.15, -0.1) is 0 Å². The zero-order chi connectivity index (χ0) is 13.9. The van der Waals surface area contributed by atoms with Gasteiger partial charge in [-0.1, -0.05) is 20.8 Å². The number of hydrogen-bond donors (Lipinski definition) is 1.